The molecular weight excluding hydrogens is 378 g/mol. The Bertz CT molecular complexity index is 1150. The van der Waals surface area contributed by atoms with Crippen molar-refractivity contribution in [3.05, 3.63) is 71.9 Å². The number of amides is 1. The molecule has 7 nitrogen and oxygen atoms in total. The van der Waals surface area contributed by atoms with Crippen molar-refractivity contribution < 1.29 is 9.53 Å². The smallest absolute Gasteiger partial charge is 0.266 e. The fraction of sp³-hybridized carbons (Fsp3) is 0.130. The highest BCUT2D eigenvalue weighted by atomic mass is 16.5. The van der Waals surface area contributed by atoms with Crippen molar-refractivity contribution in [1.29, 1.82) is 10.5 Å². The summed E-state index contributed by atoms with van der Waals surface area (Å²) in [4.78, 5) is 12.7. The zero-order valence-corrected chi connectivity index (χ0v) is 16.4. The predicted octanol–water partition coefficient (Wildman–Crippen LogP) is 4.02. The first kappa shape index (κ1) is 20.4. The molecule has 0 fully saturated rings. The van der Waals surface area contributed by atoms with Gasteiger partial charge < -0.3 is 10.1 Å². The minimum Gasteiger partial charge on any atom is -0.495 e. The molecular formula is C23H19N5O2. The number of benzene rings is 2. The highest BCUT2D eigenvalue weighted by Gasteiger charge is 2.15. The lowest BCUT2D eigenvalue weighted by atomic mass is 10.1. The number of methoxy groups -OCH3 is 1. The molecule has 0 aliphatic rings. The number of carbonyl (C=O) groups excluding carboxylic acids is 1. The topological polar surface area (TPSA) is 104 Å². The molecule has 1 heterocycles. The van der Waals surface area contributed by atoms with Gasteiger partial charge in [0.15, 0.2) is 0 Å². The molecule has 0 atom stereocenters. The van der Waals surface area contributed by atoms with Gasteiger partial charge in [-0.05, 0) is 18.2 Å². The van der Waals surface area contributed by atoms with Crippen molar-refractivity contribution in [3.63, 3.8) is 0 Å². The summed E-state index contributed by atoms with van der Waals surface area (Å²) >= 11 is 0. The maximum atomic E-state index is 12.7. The third-order valence-corrected chi connectivity index (χ3v) is 4.31. The Kier molecular flexibility index (Phi) is 6.60. The van der Waals surface area contributed by atoms with E-state index in [-0.39, 0.29) is 5.57 Å². The number of carbonyl (C=O) groups is 1. The van der Waals surface area contributed by atoms with Gasteiger partial charge in [0, 0.05) is 17.3 Å². The quantitative estimate of drug-likeness (QED) is 0.479. The molecule has 30 heavy (non-hydrogen) atoms. The maximum absolute atomic E-state index is 12.7. The lowest BCUT2D eigenvalue weighted by Gasteiger charge is -2.09. The Balaban J connectivity index is 1.96. The largest absolute Gasteiger partial charge is 0.495 e. The second-order valence-electron chi connectivity index (χ2n) is 6.29. The average molecular weight is 397 g/mol. The van der Waals surface area contributed by atoms with Crippen LogP contribution in [0.1, 0.15) is 12.0 Å². The second-order valence-corrected chi connectivity index (χ2v) is 6.29. The van der Waals surface area contributed by atoms with Gasteiger partial charge in [0.05, 0.1) is 37.5 Å². The van der Waals surface area contributed by atoms with E-state index in [1.54, 1.807) is 35.1 Å². The molecule has 0 saturated carbocycles. The summed E-state index contributed by atoms with van der Waals surface area (Å²) in [6.45, 7) is 0.416. The molecule has 0 aliphatic carbocycles. The van der Waals surface area contributed by atoms with Crippen molar-refractivity contribution in [3.8, 4) is 29.1 Å². The normalized spacial score (nSPS) is 10.7. The summed E-state index contributed by atoms with van der Waals surface area (Å²) in [7, 11) is 1.51. The van der Waals surface area contributed by atoms with Crippen LogP contribution in [0.2, 0.25) is 0 Å². The highest BCUT2D eigenvalue weighted by Crippen LogP contribution is 2.26. The van der Waals surface area contributed by atoms with E-state index in [4.69, 9.17) is 10.00 Å². The summed E-state index contributed by atoms with van der Waals surface area (Å²) in [5, 5.41) is 25.7. The molecule has 3 rings (SSSR count). The molecule has 0 radical (unpaired) electrons. The second kappa shape index (κ2) is 9.72. The Morgan fingerprint density at radius 3 is 2.60 bits per heavy atom. The van der Waals surface area contributed by atoms with Crippen LogP contribution in [0.5, 0.6) is 5.75 Å². The SMILES string of the molecule is COc1ccccc1NC(=O)/C(C#N)=C/c1cn(CCC#N)nc1-c1ccccc1. The van der Waals surface area contributed by atoms with Gasteiger partial charge >= 0.3 is 0 Å². The predicted molar refractivity (Wildman–Crippen MR) is 113 cm³/mol. The van der Waals surface area contributed by atoms with Gasteiger partial charge in [-0.15, -0.1) is 0 Å². The van der Waals surface area contributed by atoms with Gasteiger partial charge in [0.2, 0.25) is 0 Å². The number of ether oxygens (including phenoxy) is 1. The van der Waals surface area contributed by atoms with E-state index in [0.29, 0.717) is 35.7 Å². The highest BCUT2D eigenvalue weighted by molar-refractivity contribution is 6.10. The molecule has 0 aliphatic heterocycles. The van der Waals surface area contributed by atoms with Crippen LogP contribution >= 0.6 is 0 Å². The van der Waals surface area contributed by atoms with E-state index >= 15 is 0 Å². The Morgan fingerprint density at radius 2 is 1.90 bits per heavy atom. The third-order valence-electron chi connectivity index (χ3n) is 4.31. The van der Waals surface area contributed by atoms with Gasteiger partial charge in [0.1, 0.15) is 17.4 Å². The fourth-order valence-electron chi connectivity index (χ4n) is 2.88. The van der Waals surface area contributed by atoms with Crippen LogP contribution in [-0.4, -0.2) is 22.8 Å². The van der Waals surface area contributed by atoms with Crippen LogP contribution in [0.15, 0.2) is 66.4 Å². The van der Waals surface area contributed by atoms with Crippen LogP contribution in [-0.2, 0) is 11.3 Å². The van der Waals surface area contributed by atoms with E-state index in [1.807, 2.05) is 36.4 Å². The number of rotatable bonds is 7. The standard InChI is InChI=1S/C23H19N5O2/c1-30-21-11-6-5-10-20(21)26-23(29)18(15-25)14-19-16-28(13-7-12-24)27-22(19)17-8-3-2-4-9-17/h2-6,8-11,14,16H,7,13H2,1H3,(H,26,29)/b18-14+. The number of aryl methyl sites for hydroxylation is 1. The Hall–Kier alpha value is -4.36. The van der Waals surface area contributed by atoms with E-state index in [0.717, 1.165) is 5.56 Å². The first-order chi connectivity index (χ1) is 14.7. The van der Waals surface area contributed by atoms with E-state index in [9.17, 15) is 10.1 Å². The minimum absolute atomic E-state index is 0.0714. The molecule has 1 amide bonds. The van der Waals surface area contributed by atoms with Gasteiger partial charge in [-0.3, -0.25) is 9.48 Å². The maximum Gasteiger partial charge on any atom is 0.266 e. The lowest BCUT2D eigenvalue weighted by molar-refractivity contribution is -0.112. The van der Waals surface area contributed by atoms with Crippen LogP contribution in [0, 0.1) is 22.7 Å². The van der Waals surface area contributed by atoms with Crippen molar-refractivity contribution >= 4 is 17.7 Å². The molecule has 0 saturated heterocycles. The van der Waals surface area contributed by atoms with Crippen LogP contribution in [0.25, 0.3) is 17.3 Å². The van der Waals surface area contributed by atoms with Crippen molar-refractivity contribution in [2.75, 3.05) is 12.4 Å². The van der Waals surface area contributed by atoms with Crippen molar-refractivity contribution in [2.24, 2.45) is 0 Å². The summed E-state index contributed by atoms with van der Waals surface area (Å²) < 4.78 is 6.88. The first-order valence-corrected chi connectivity index (χ1v) is 9.22. The molecule has 1 N–H and O–H groups in total. The molecule has 1 aromatic heterocycles. The third kappa shape index (κ3) is 4.73. The van der Waals surface area contributed by atoms with Crippen molar-refractivity contribution in [1.82, 2.24) is 9.78 Å². The summed E-state index contributed by atoms with van der Waals surface area (Å²) in [6, 6.07) is 20.5. The number of para-hydroxylation sites is 2. The number of hydrogen-bond donors (Lipinski definition) is 1. The zero-order valence-electron chi connectivity index (χ0n) is 16.4. The van der Waals surface area contributed by atoms with Gasteiger partial charge in [-0.1, -0.05) is 42.5 Å². The number of nitriles is 2. The molecule has 148 valence electrons. The first-order valence-electron chi connectivity index (χ1n) is 9.22. The lowest BCUT2D eigenvalue weighted by Crippen LogP contribution is -2.14. The average Bonchev–Trinajstić information content (AvgIpc) is 3.19. The Morgan fingerprint density at radius 1 is 1.17 bits per heavy atom. The summed E-state index contributed by atoms with van der Waals surface area (Å²) in [5.74, 6) is -0.0526. The summed E-state index contributed by atoms with van der Waals surface area (Å²) in [5.41, 5.74) is 2.50. The van der Waals surface area contributed by atoms with E-state index in [2.05, 4.69) is 16.5 Å². The fourth-order valence-corrected chi connectivity index (χ4v) is 2.88. The van der Waals surface area contributed by atoms with Crippen molar-refractivity contribution in [2.45, 2.75) is 13.0 Å². The molecule has 7 heteroatoms. The van der Waals surface area contributed by atoms with Crippen LogP contribution in [0.3, 0.4) is 0 Å². The van der Waals surface area contributed by atoms with E-state index < -0.39 is 5.91 Å². The number of hydrogen-bond acceptors (Lipinski definition) is 5. The number of nitrogens with zero attached hydrogens (tertiary/aromatic N) is 4. The minimum atomic E-state index is -0.550. The number of aromatic nitrogens is 2. The number of nitrogens with one attached hydrogen (secondary N) is 1. The van der Waals surface area contributed by atoms with Gasteiger partial charge in [-0.25, -0.2) is 0 Å². The zero-order chi connectivity index (χ0) is 21.3. The monoisotopic (exact) mass is 397 g/mol. The van der Waals surface area contributed by atoms with Gasteiger partial charge in [0.25, 0.3) is 5.91 Å². The molecule has 0 unspecified atom stereocenters. The van der Waals surface area contributed by atoms with E-state index in [1.165, 1.54) is 13.2 Å². The van der Waals surface area contributed by atoms with Gasteiger partial charge in [-0.2, -0.15) is 15.6 Å². The molecule has 2 aromatic carbocycles. The Labute approximate surface area is 174 Å². The molecule has 0 spiro atoms. The molecule has 3 aromatic rings. The van der Waals surface area contributed by atoms with Crippen LogP contribution < -0.4 is 10.1 Å². The molecule has 0 bridgehead atoms. The van der Waals surface area contributed by atoms with Crippen LogP contribution in [0.4, 0.5) is 5.69 Å². The summed E-state index contributed by atoms with van der Waals surface area (Å²) in [6.07, 6.45) is 3.54. The number of anilines is 1.